The molecule has 0 spiro atoms. The van der Waals surface area contributed by atoms with E-state index in [-0.39, 0.29) is 17.7 Å². The maximum absolute atomic E-state index is 13.4. The predicted octanol–water partition coefficient (Wildman–Crippen LogP) is 4.00. The van der Waals surface area contributed by atoms with E-state index in [1.54, 1.807) is 0 Å². The second kappa shape index (κ2) is 6.33. The first-order chi connectivity index (χ1) is 13.5. The van der Waals surface area contributed by atoms with E-state index in [0.717, 1.165) is 59.4 Å². The molecule has 6 nitrogen and oxygen atoms in total. The van der Waals surface area contributed by atoms with Crippen LogP contribution in [0.3, 0.4) is 0 Å². The molecule has 0 radical (unpaired) electrons. The third-order valence-corrected chi connectivity index (χ3v) is 6.14. The zero-order valence-electron chi connectivity index (χ0n) is 16.3. The summed E-state index contributed by atoms with van der Waals surface area (Å²) in [5, 5.41) is 0. The molecule has 1 aliphatic carbocycles. The van der Waals surface area contributed by atoms with E-state index in [2.05, 4.69) is 23.0 Å². The summed E-state index contributed by atoms with van der Waals surface area (Å²) in [5.74, 6) is 0.968. The minimum atomic E-state index is -0.0596. The molecule has 28 heavy (non-hydrogen) atoms. The van der Waals surface area contributed by atoms with Crippen LogP contribution in [-0.4, -0.2) is 38.1 Å². The Labute approximate surface area is 163 Å². The number of aromatic amines is 2. The van der Waals surface area contributed by atoms with E-state index in [4.69, 9.17) is 4.98 Å². The number of aromatic nitrogens is 3. The van der Waals surface area contributed by atoms with Crippen LogP contribution in [0.4, 0.5) is 0 Å². The summed E-state index contributed by atoms with van der Waals surface area (Å²) in [6, 6.07) is 6.09. The molecule has 1 atom stereocenters. The second-order valence-electron chi connectivity index (χ2n) is 8.05. The van der Waals surface area contributed by atoms with Crippen LogP contribution in [0.15, 0.2) is 18.2 Å². The van der Waals surface area contributed by atoms with Crippen molar-refractivity contribution in [2.75, 3.05) is 6.54 Å². The Morgan fingerprint density at radius 3 is 2.86 bits per heavy atom. The molecule has 2 N–H and O–H groups in total. The van der Waals surface area contributed by atoms with Gasteiger partial charge in [-0.1, -0.05) is 6.07 Å². The fraction of sp³-hybridized carbons (Fsp3) is 0.409. The highest BCUT2D eigenvalue weighted by atomic mass is 16.2. The lowest BCUT2D eigenvalue weighted by molar-refractivity contribution is 0.0724. The Hall–Kier alpha value is -2.89. The molecule has 0 saturated carbocycles. The summed E-state index contributed by atoms with van der Waals surface area (Å²) in [6.45, 7) is 4.65. The van der Waals surface area contributed by atoms with Crippen molar-refractivity contribution >= 4 is 22.7 Å². The van der Waals surface area contributed by atoms with Crippen molar-refractivity contribution in [1.82, 2.24) is 19.9 Å². The maximum Gasteiger partial charge on any atom is 0.271 e. The Balaban J connectivity index is 1.50. The molecule has 1 fully saturated rings. The van der Waals surface area contributed by atoms with Crippen molar-refractivity contribution < 1.29 is 9.59 Å². The van der Waals surface area contributed by atoms with Gasteiger partial charge in [-0.25, -0.2) is 4.98 Å². The molecular weight excluding hydrogens is 352 g/mol. The number of Topliss-reactive ketones (excluding diaryl/α,β-unsaturated/α-hetero) is 1. The van der Waals surface area contributed by atoms with Gasteiger partial charge >= 0.3 is 0 Å². The van der Waals surface area contributed by atoms with Crippen LogP contribution in [-0.2, 0) is 6.42 Å². The fourth-order valence-corrected chi connectivity index (χ4v) is 4.73. The quantitative estimate of drug-likeness (QED) is 0.709. The van der Waals surface area contributed by atoms with E-state index in [1.807, 2.05) is 24.0 Å². The number of aryl methyl sites for hydroxylation is 2. The van der Waals surface area contributed by atoms with Crippen molar-refractivity contribution in [2.45, 2.75) is 52.0 Å². The van der Waals surface area contributed by atoms with Gasteiger partial charge in [0.2, 0.25) is 0 Å². The van der Waals surface area contributed by atoms with Gasteiger partial charge in [-0.3, -0.25) is 9.59 Å². The van der Waals surface area contributed by atoms with Gasteiger partial charge in [-0.05, 0) is 62.8 Å². The van der Waals surface area contributed by atoms with Gasteiger partial charge in [0, 0.05) is 24.2 Å². The molecular formula is C22H24N4O2. The Bertz CT molecular complexity index is 1110. The highest BCUT2D eigenvalue weighted by Crippen LogP contribution is 2.34. The number of rotatable bonds is 2. The van der Waals surface area contributed by atoms with Crippen LogP contribution in [0.5, 0.6) is 0 Å². The molecule has 5 rings (SSSR count). The molecule has 144 valence electrons. The number of amides is 1. The van der Waals surface area contributed by atoms with E-state index in [9.17, 15) is 9.59 Å². The Morgan fingerprint density at radius 2 is 2.04 bits per heavy atom. The zero-order chi connectivity index (χ0) is 19.4. The number of nitrogens with zero attached hydrogens (tertiary/aromatic N) is 2. The minimum absolute atomic E-state index is 0.0289. The summed E-state index contributed by atoms with van der Waals surface area (Å²) >= 11 is 0. The topological polar surface area (TPSA) is 81.8 Å². The zero-order valence-corrected chi connectivity index (χ0v) is 16.3. The lowest BCUT2D eigenvalue weighted by Gasteiger charge is -2.23. The molecule has 2 aromatic heterocycles. The first-order valence-corrected chi connectivity index (χ1v) is 10.0. The monoisotopic (exact) mass is 376 g/mol. The molecule has 1 aromatic carbocycles. The van der Waals surface area contributed by atoms with Crippen molar-refractivity contribution in [3.63, 3.8) is 0 Å². The number of carbonyl (C=O) groups excluding carboxylic acids is 2. The number of ketones is 1. The van der Waals surface area contributed by atoms with Crippen LogP contribution in [0, 0.1) is 13.8 Å². The minimum Gasteiger partial charge on any atom is -0.354 e. The van der Waals surface area contributed by atoms with Gasteiger partial charge in [0.1, 0.15) is 11.5 Å². The van der Waals surface area contributed by atoms with Crippen molar-refractivity contribution in [3.05, 3.63) is 52.1 Å². The van der Waals surface area contributed by atoms with Crippen LogP contribution in [0.1, 0.15) is 75.2 Å². The molecule has 6 heteroatoms. The van der Waals surface area contributed by atoms with Gasteiger partial charge in [0.05, 0.1) is 17.1 Å². The first kappa shape index (κ1) is 17.2. The lowest BCUT2D eigenvalue weighted by atomic mass is 9.93. The predicted molar refractivity (Wildman–Crippen MR) is 107 cm³/mol. The molecule has 1 aliphatic heterocycles. The first-order valence-electron chi connectivity index (χ1n) is 10.0. The largest absolute Gasteiger partial charge is 0.354 e. The van der Waals surface area contributed by atoms with Crippen molar-refractivity contribution in [3.8, 4) is 0 Å². The molecule has 1 saturated heterocycles. The number of nitrogens with one attached hydrogen (secondary N) is 2. The van der Waals surface area contributed by atoms with Crippen molar-refractivity contribution in [1.29, 1.82) is 0 Å². The standard InChI is InChI=1S/C22H24N4O2/c1-12-8-9-14-16(11-12)25-21(24-14)17-6-4-10-26(17)22(28)20-13(2)19-15(23-20)5-3-7-18(19)27/h8-9,11,17,23H,3-7,10H2,1-2H3,(H,24,25). The number of carbonyl (C=O) groups is 2. The normalized spacial score (nSPS) is 19.4. The smallest absolute Gasteiger partial charge is 0.271 e. The van der Waals surface area contributed by atoms with Crippen LogP contribution in [0.2, 0.25) is 0 Å². The van der Waals surface area contributed by atoms with E-state index < -0.39 is 0 Å². The maximum atomic E-state index is 13.4. The van der Waals surface area contributed by atoms with Gasteiger partial charge in [-0.15, -0.1) is 0 Å². The summed E-state index contributed by atoms with van der Waals surface area (Å²) in [7, 11) is 0. The molecule has 3 aromatic rings. The third-order valence-electron chi connectivity index (χ3n) is 6.14. The summed E-state index contributed by atoms with van der Waals surface area (Å²) in [5.41, 5.74) is 6.15. The highest BCUT2D eigenvalue weighted by Gasteiger charge is 2.35. The fourth-order valence-electron chi connectivity index (χ4n) is 4.73. The Morgan fingerprint density at radius 1 is 1.18 bits per heavy atom. The highest BCUT2D eigenvalue weighted by molar-refractivity contribution is 6.04. The molecule has 2 aliphatic rings. The van der Waals surface area contributed by atoms with Crippen LogP contribution < -0.4 is 0 Å². The number of hydrogen-bond acceptors (Lipinski definition) is 3. The average Bonchev–Trinajstić information content (AvgIpc) is 3.37. The van der Waals surface area contributed by atoms with Gasteiger partial charge in [0.25, 0.3) is 5.91 Å². The summed E-state index contributed by atoms with van der Waals surface area (Å²) in [4.78, 5) is 39.0. The number of imidazole rings is 1. The van der Waals surface area contributed by atoms with E-state index in [1.165, 1.54) is 5.56 Å². The van der Waals surface area contributed by atoms with Gasteiger partial charge < -0.3 is 14.9 Å². The molecule has 3 heterocycles. The lowest BCUT2D eigenvalue weighted by Crippen LogP contribution is -2.31. The SMILES string of the molecule is Cc1ccc2nc(C3CCCN3C(=O)c3[nH]c4c(c3C)C(=O)CCC4)[nH]c2c1. The second-order valence-corrected chi connectivity index (χ2v) is 8.05. The van der Waals surface area contributed by atoms with Crippen LogP contribution in [0.25, 0.3) is 11.0 Å². The number of H-pyrrole nitrogens is 2. The van der Waals surface area contributed by atoms with Gasteiger partial charge in [0.15, 0.2) is 5.78 Å². The van der Waals surface area contributed by atoms with Crippen molar-refractivity contribution in [2.24, 2.45) is 0 Å². The molecule has 1 unspecified atom stereocenters. The summed E-state index contributed by atoms with van der Waals surface area (Å²) < 4.78 is 0. The average molecular weight is 376 g/mol. The van der Waals surface area contributed by atoms with E-state index >= 15 is 0 Å². The summed E-state index contributed by atoms with van der Waals surface area (Å²) in [6.07, 6.45) is 4.10. The van der Waals surface area contributed by atoms with Gasteiger partial charge in [-0.2, -0.15) is 0 Å². The third kappa shape index (κ3) is 2.58. The van der Waals surface area contributed by atoms with Crippen LogP contribution >= 0.6 is 0 Å². The molecule has 1 amide bonds. The molecule has 0 bridgehead atoms. The van der Waals surface area contributed by atoms with E-state index in [0.29, 0.717) is 18.7 Å². The number of hydrogen-bond donors (Lipinski definition) is 2. The number of fused-ring (bicyclic) bond motifs is 2. The number of likely N-dealkylation sites (tertiary alicyclic amines) is 1. The Kier molecular flexibility index (Phi) is 3.89. The number of benzene rings is 1.